The lowest BCUT2D eigenvalue weighted by Gasteiger charge is -2.20. The molecule has 0 saturated heterocycles. The average molecular weight is 576 g/mol. The van der Waals surface area contributed by atoms with Gasteiger partial charge in [-0.25, -0.2) is 4.79 Å². The maximum Gasteiger partial charge on any atom is 0.470 e. The van der Waals surface area contributed by atoms with Crippen LogP contribution < -0.4 is 10.3 Å². The fourth-order valence-corrected chi connectivity index (χ4v) is 4.35. The number of Topliss-reactive ketones (excluding diaryl/α,β-unsaturated/α-hetero) is 1. The van der Waals surface area contributed by atoms with E-state index in [1.165, 1.54) is 66.4 Å². The van der Waals surface area contributed by atoms with E-state index in [0.717, 1.165) is 0 Å². The quantitative estimate of drug-likeness (QED) is 0.269. The minimum absolute atomic E-state index is 0.0495. The number of aromatic nitrogens is 3. The smallest absolute Gasteiger partial charge is 0.470 e. The second-order valence-electron chi connectivity index (χ2n) is 8.67. The molecule has 0 bridgehead atoms. The fraction of sp³-hybridized carbons (Fsp3) is 0.222. The standard InChI is InChI=1S/C27H21ClF3N3O6/c1-3-20(21(35)10-14-4-6-15(7-5-14)25(37)38)34-13-22(39-2)19(12-23(34)36)18-11-16(28)8-9-17(18)24-32-33-26(40-24)27(29,30)31/h4-9,11-13,20H,3,10H2,1-2H3,(H,37,38). The summed E-state index contributed by atoms with van der Waals surface area (Å²) in [7, 11) is 1.33. The van der Waals surface area contributed by atoms with Crippen LogP contribution in [0.1, 0.15) is 41.2 Å². The van der Waals surface area contributed by atoms with Gasteiger partial charge >= 0.3 is 18.0 Å². The van der Waals surface area contributed by atoms with Gasteiger partial charge in [-0.15, -0.1) is 10.2 Å². The van der Waals surface area contributed by atoms with E-state index in [1.807, 2.05) is 0 Å². The van der Waals surface area contributed by atoms with E-state index in [4.69, 9.17) is 25.9 Å². The Morgan fingerprint density at radius 1 is 1.07 bits per heavy atom. The van der Waals surface area contributed by atoms with Crippen LogP contribution in [0.4, 0.5) is 13.2 Å². The number of carbonyl (C=O) groups excluding carboxylic acids is 1. The number of hydrogen-bond donors (Lipinski definition) is 1. The number of carboxylic acids is 1. The van der Waals surface area contributed by atoms with E-state index < -0.39 is 35.5 Å². The summed E-state index contributed by atoms with van der Waals surface area (Å²) in [6.45, 7) is 1.73. The number of benzene rings is 2. The largest absolute Gasteiger partial charge is 0.495 e. The van der Waals surface area contributed by atoms with Gasteiger partial charge in [0.15, 0.2) is 5.78 Å². The topological polar surface area (TPSA) is 125 Å². The number of rotatable bonds is 9. The van der Waals surface area contributed by atoms with Gasteiger partial charge in [0.1, 0.15) is 5.75 Å². The number of nitrogens with zero attached hydrogens (tertiary/aromatic N) is 3. The number of hydrogen-bond acceptors (Lipinski definition) is 7. The normalized spacial score (nSPS) is 12.2. The molecule has 0 radical (unpaired) electrons. The van der Waals surface area contributed by atoms with Gasteiger partial charge in [0.2, 0.25) is 5.89 Å². The summed E-state index contributed by atoms with van der Waals surface area (Å²) >= 11 is 6.17. The predicted molar refractivity (Wildman–Crippen MR) is 137 cm³/mol. The van der Waals surface area contributed by atoms with Crippen molar-refractivity contribution < 1.29 is 37.0 Å². The molecule has 0 amide bonds. The third-order valence-electron chi connectivity index (χ3n) is 6.11. The Morgan fingerprint density at radius 3 is 2.35 bits per heavy atom. The van der Waals surface area contributed by atoms with E-state index in [-0.39, 0.29) is 51.7 Å². The monoisotopic (exact) mass is 575 g/mol. The molecule has 208 valence electrons. The Kier molecular flexibility index (Phi) is 8.10. The van der Waals surface area contributed by atoms with E-state index in [0.29, 0.717) is 5.56 Å². The van der Waals surface area contributed by atoms with Gasteiger partial charge in [0.05, 0.1) is 24.9 Å². The van der Waals surface area contributed by atoms with Crippen LogP contribution in [-0.2, 0) is 17.4 Å². The Hall–Kier alpha value is -4.45. The number of methoxy groups -OCH3 is 1. The van der Waals surface area contributed by atoms with Crippen LogP contribution in [0.5, 0.6) is 5.75 Å². The van der Waals surface area contributed by atoms with Crippen molar-refractivity contribution in [1.29, 1.82) is 0 Å². The van der Waals surface area contributed by atoms with Gasteiger partial charge in [0, 0.05) is 28.6 Å². The van der Waals surface area contributed by atoms with Crippen LogP contribution in [-0.4, -0.2) is 38.7 Å². The Bertz CT molecular complexity index is 1630. The third kappa shape index (κ3) is 5.91. The van der Waals surface area contributed by atoms with Crippen molar-refractivity contribution >= 4 is 23.4 Å². The van der Waals surface area contributed by atoms with Gasteiger partial charge in [-0.2, -0.15) is 13.2 Å². The highest BCUT2D eigenvalue weighted by atomic mass is 35.5. The van der Waals surface area contributed by atoms with Gasteiger partial charge in [0.25, 0.3) is 5.56 Å². The molecule has 4 aromatic rings. The highest BCUT2D eigenvalue weighted by Gasteiger charge is 2.38. The number of halogens is 4. The molecule has 1 atom stereocenters. The van der Waals surface area contributed by atoms with Crippen molar-refractivity contribution in [3.8, 4) is 28.3 Å². The zero-order valence-corrected chi connectivity index (χ0v) is 21.8. The predicted octanol–water partition coefficient (Wildman–Crippen LogP) is 5.71. The number of alkyl halides is 3. The Labute approximate surface area is 229 Å². The first-order valence-electron chi connectivity index (χ1n) is 11.8. The summed E-state index contributed by atoms with van der Waals surface area (Å²) < 4.78 is 50.7. The summed E-state index contributed by atoms with van der Waals surface area (Å²) in [5, 5.41) is 15.8. The lowest BCUT2D eigenvalue weighted by Crippen LogP contribution is -2.30. The highest BCUT2D eigenvalue weighted by Crippen LogP contribution is 2.39. The lowest BCUT2D eigenvalue weighted by atomic mass is 9.98. The molecule has 2 heterocycles. The van der Waals surface area contributed by atoms with Crippen LogP contribution >= 0.6 is 11.6 Å². The zero-order valence-electron chi connectivity index (χ0n) is 21.0. The first-order chi connectivity index (χ1) is 18.9. The number of carbonyl (C=O) groups is 2. The van der Waals surface area contributed by atoms with Crippen LogP contribution in [0, 0.1) is 0 Å². The van der Waals surface area contributed by atoms with Gasteiger partial charge in [-0.3, -0.25) is 9.59 Å². The molecular weight excluding hydrogens is 555 g/mol. The lowest BCUT2D eigenvalue weighted by molar-refractivity contribution is -0.157. The van der Waals surface area contributed by atoms with E-state index in [2.05, 4.69) is 10.2 Å². The van der Waals surface area contributed by atoms with Crippen molar-refractivity contribution in [2.75, 3.05) is 7.11 Å². The molecule has 2 aromatic carbocycles. The molecule has 1 N–H and O–H groups in total. The average Bonchev–Trinajstić information content (AvgIpc) is 3.41. The fourth-order valence-electron chi connectivity index (χ4n) is 4.18. The van der Waals surface area contributed by atoms with Gasteiger partial charge < -0.3 is 18.8 Å². The van der Waals surface area contributed by atoms with Crippen LogP contribution in [0.3, 0.4) is 0 Å². The first kappa shape index (κ1) is 28.6. The van der Waals surface area contributed by atoms with Crippen molar-refractivity contribution in [3.63, 3.8) is 0 Å². The highest BCUT2D eigenvalue weighted by molar-refractivity contribution is 6.31. The van der Waals surface area contributed by atoms with E-state index >= 15 is 0 Å². The summed E-state index contributed by atoms with van der Waals surface area (Å²) in [5.74, 6) is -3.23. The minimum Gasteiger partial charge on any atom is -0.495 e. The van der Waals surface area contributed by atoms with Crippen LogP contribution in [0.2, 0.25) is 5.02 Å². The molecule has 0 aliphatic heterocycles. The Balaban J connectivity index is 1.73. The molecule has 13 heteroatoms. The molecular formula is C27H21ClF3N3O6. The molecule has 1 unspecified atom stereocenters. The molecule has 4 rings (SSSR count). The molecule has 0 aliphatic rings. The summed E-state index contributed by atoms with van der Waals surface area (Å²) in [4.78, 5) is 37.5. The number of carboxylic acid groups (broad SMARTS) is 1. The number of ketones is 1. The van der Waals surface area contributed by atoms with E-state index in [9.17, 15) is 27.6 Å². The van der Waals surface area contributed by atoms with Crippen molar-refractivity contribution in [1.82, 2.24) is 14.8 Å². The van der Waals surface area contributed by atoms with Crippen LogP contribution in [0.15, 0.2) is 63.9 Å². The van der Waals surface area contributed by atoms with Crippen molar-refractivity contribution in [2.24, 2.45) is 0 Å². The molecule has 40 heavy (non-hydrogen) atoms. The summed E-state index contributed by atoms with van der Waals surface area (Å²) in [5.41, 5.74) is 0.533. The minimum atomic E-state index is -4.85. The zero-order chi connectivity index (χ0) is 29.2. The van der Waals surface area contributed by atoms with Crippen LogP contribution in [0.25, 0.3) is 22.6 Å². The molecule has 9 nitrogen and oxygen atoms in total. The summed E-state index contributed by atoms with van der Waals surface area (Å²) in [6.07, 6.45) is -3.29. The SMILES string of the molecule is CCC(C(=O)Cc1ccc(C(=O)O)cc1)n1cc(OC)c(-c2cc(Cl)ccc2-c2nnc(C(F)(F)F)o2)cc1=O. The van der Waals surface area contributed by atoms with Crippen molar-refractivity contribution in [3.05, 3.63) is 87.1 Å². The number of aromatic carboxylic acids is 1. The second-order valence-corrected chi connectivity index (χ2v) is 9.11. The first-order valence-corrected chi connectivity index (χ1v) is 12.2. The van der Waals surface area contributed by atoms with Gasteiger partial charge in [-0.1, -0.05) is 30.7 Å². The molecule has 0 saturated carbocycles. The maximum atomic E-state index is 13.3. The number of pyridine rings is 1. The van der Waals surface area contributed by atoms with E-state index in [1.54, 1.807) is 6.92 Å². The number of ether oxygens (including phenoxy) is 1. The maximum absolute atomic E-state index is 13.3. The van der Waals surface area contributed by atoms with Gasteiger partial charge in [-0.05, 0) is 47.9 Å². The summed E-state index contributed by atoms with van der Waals surface area (Å²) in [6, 6.07) is 10.4. The molecule has 0 fully saturated rings. The third-order valence-corrected chi connectivity index (χ3v) is 6.34. The second kappa shape index (κ2) is 11.3. The molecule has 2 aromatic heterocycles. The molecule has 0 aliphatic carbocycles. The molecule has 0 spiro atoms. The van der Waals surface area contributed by atoms with Crippen molar-refractivity contribution in [2.45, 2.75) is 32.0 Å². The Morgan fingerprint density at radius 2 is 1.77 bits per heavy atom.